The quantitative estimate of drug-likeness (QED) is 0.334. The fraction of sp³-hybridized carbons (Fsp3) is 0.579. The molecule has 1 aliphatic heterocycles. The summed E-state index contributed by atoms with van der Waals surface area (Å²) in [4.78, 5) is 15.6. The molecule has 4 N–H and O–H groups in total. The number of halogens is 2. The van der Waals surface area contributed by atoms with Gasteiger partial charge in [-0.3, -0.25) is 10.0 Å². The lowest BCUT2D eigenvalue weighted by Gasteiger charge is -2.46. The van der Waals surface area contributed by atoms with Gasteiger partial charge in [0.2, 0.25) is 0 Å². The molecule has 1 atom stereocenters. The summed E-state index contributed by atoms with van der Waals surface area (Å²) in [5.74, 6) is 1.04. The fourth-order valence-electron chi connectivity index (χ4n) is 4.18. The summed E-state index contributed by atoms with van der Waals surface area (Å²) < 4.78 is 0. The molecule has 0 spiro atoms. The van der Waals surface area contributed by atoms with Crippen molar-refractivity contribution in [3.8, 4) is 0 Å². The maximum Gasteiger partial charge on any atom is 0.267 e. The van der Waals surface area contributed by atoms with E-state index in [9.17, 15) is 4.79 Å². The van der Waals surface area contributed by atoms with Crippen molar-refractivity contribution in [3.63, 3.8) is 0 Å². The summed E-state index contributed by atoms with van der Waals surface area (Å²) in [6.07, 6.45) is 13.6. The number of rotatable bonds is 5. The van der Waals surface area contributed by atoms with E-state index < -0.39 is 5.91 Å². The van der Waals surface area contributed by atoms with Crippen LogP contribution in [0.4, 0.5) is 5.82 Å². The minimum absolute atomic E-state index is 0. The Balaban J connectivity index is 0.00000182. The van der Waals surface area contributed by atoms with E-state index in [1.807, 2.05) is 12.1 Å². The number of nitrogens with one attached hydrogen (secondary N) is 3. The summed E-state index contributed by atoms with van der Waals surface area (Å²) in [7, 11) is 0. The summed E-state index contributed by atoms with van der Waals surface area (Å²) >= 11 is 0. The van der Waals surface area contributed by atoms with E-state index in [2.05, 4.69) is 15.6 Å². The zero-order chi connectivity index (χ0) is 17.5. The number of hydroxylamine groups is 1. The lowest BCUT2D eigenvalue weighted by Crippen LogP contribution is -2.56. The zero-order valence-electron chi connectivity index (χ0n) is 15.4. The van der Waals surface area contributed by atoms with Crippen LogP contribution in [0.2, 0.25) is 0 Å². The van der Waals surface area contributed by atoms with Crippen LogP contribution in [-0.2, 0) is 4.79 Å². The molecule has 2 aliphatic rings. The SMILES string of the molecule is Cl.Cl.O=C(/C=C/c1ccc(N[C@@]2(C3CCCCC3)CCCNC2)nc1)NO. The number of nitrogens with zero attached hydrogens (tertiary/aromatic N) is 1. The summed E-state index contributed by atoms with van der Waals surface area (Å²) in [5.41, 5.74) is 2.50. The average molecular weight is 417 g/mol. The maximum atomic E-state index is 11.0. The Morgan fingerprint density at radius 2 is 2.00 bits per heavy atom. The first-order chi connectivity index (χ1) is 12.2. The van der Waals surface area contributed by atoms with Gasteiger partial charge in [0.15, 0.2) is 0 Å². The molecule has 8 heteroatoms. The van der Waals surface area contributed by atoms with Gasteiger partial charge in [-0.15, -0.1) is 24.8 Å². The smallest absolute Gasteiger partial charge is 0.267 e. The van der Waals surface area contributed by atoms with E-state index in [1.54, 1.807) is 17.8 Å². The number of aromatic nitrogens is 1. The molecular formula is C19H30Cl2N4O2. The molecule has 1 saturated heterocycles. The van der Waals surface area contributed by atoms with Crippen molar-refractivity contribution in [1.29, 1.82) is 0 Å². The largest absolute Gasteiger partial charge is 0.363 e. The molecule has 1 aromatic heterocycles. The highest BCUT2D eigenvalue weighted by molar-refractivity contribution is 5.90. The summed E-state index contributed by atoms with van der Waals surface area (Å²) in [6, 6.07) is 3.90. The average Bonchev–Trinajstić information content (AvgIpc) is 2.68. The number of hydrogen-bond acceptors (Lipinski definition) is 5. The van der Waals surface area contributed by atoms with Crippen LogP contribution in [0, 0.1) is 5.92 Å². The molecule has 0 radical (unpaired) electrons. The third-order valence-electron chi connectivity index (χ3n) is 5.50. The highest BCUT2D eigenvalue weighted by Crippen LogP contribution is 2.38. The van der Waals surface area contributed by atoms with E-state index in [4.69, 9.17) is 5.21 Å². The molecule has 2 heterocycles. The number of carbonyl (C=O) groups excluding carboxylic acids is 1. The second-order valence-corrected chi connectivity index (χ2v) is 7.18. The van der Waals surface area contributed by atoms with Crippen molar-refractivity contribution in [2.75, 3.05) is 18.4 Å². The van der Waals surface area contributed by atoms with Crippen LogP contribution in [0.3, 0.4) is 0 Å². The fourth-order valence-corrected chi connectivity index (χ4v) is 4.18. The van der Waals surface area contributed by atoms with E-state index in [0.29, 0.717) is 5.92 Å². The molecule has 3 rings (SSSR count). The highest BCUT2D eigenvalue weighted by atomic mass is 35.5. The van der Waals surface area contributed by atoms with Crippen molar-refractivity contribution in [2.24, 2.45) is 5.92 Å². The van der Waals surface area contributed by atoms with Crippen molar-refractivity contribution < 1.29 is 10.0 Å². The van der Waals surface area contributed by atoms with Crippen molar-refractivity contribution in [1.82, 2.24) is 15.8 Å². The first-order valence-corrected chi connectivity index (χ1v) is 9.29. The van der Waals surface area contributed by atoms with Gasteiger partial charge in [0.1, 0.15) is 5.82 Å². The molecule has 1 amide bonds. The van der Waals surface area contributed by atoms with Gasteiger partial charge in [0.25, 0.3) is 5.91 Å². The molecule has 0 unspecified atom stereocenters. The standard InChI is InChI=1S/C19H28N4O2.2ClH/c24-18(23-25)10-8-15-7-9-17(21-13-15)22-19(11-4-12-20-14-19)16-5-2-1-3-6-16;;/h7-10,13,16,20,25H,1-6,11-12,14H2,(H,21,22)(H,23,24);2*1H/b10-8+;;/t19-;;/m0../s1. The third-order valence-corrected chi connectivity index (χ3v) is 5.50. The Labute approximate surface area is 173 Å². The predicted molar refractivity (Wildman–Crippen MR) is 113 cm³/mol. The topological polar surface area (TPSA) is 86.3 Å². The molecule has 6 nitrogen and oxygen atoms in total. The number of carbonyl (C=O) groups is 1. The number of pyridine rings is 1. The molecule has 0 bridgehead atoms. The molecule has 2 fully saturated rings. The Bertz CT molecular complexity index is 598. The van der Waals surface area contributed by atoms with Crippen LogP contribution in [0.5, 0.6) is 0 Å². The summed E-state index contributed by atoms with van der Waals surface area (Å²) in [5, 5.41) is 15.8. The van der Waals surface area contributed by atoms with Crippen molar-refractivity contribution >= 4 is 42.6 Å². The molecule has 0 aromatic carbocycles. The van der Waals surface area contributed by atoms with Crippen LogP contribution in [0.1, 0.15) is 50.5 Å². The number of piperidine rings is 1. The molecule has 1 aromatic rings. The van der Waals surface area contributed by atoms with Gasteiger partial charge in [-0.1, -0.05) is 19.3 Å². The normalized spacial score (nSPS) is 23.1. The Morgan fingerprint density at radius 3 is 2.59 bits per heavy atom. The second kappa shape index (κ2) is 11.5. The van der Waals surface area contributed by atoms with Gasteiger partial charge >= 0.3 is 0 Å². The number of anilines is 1. The van der Waals surface area contributed by atoms with Gasteiger partial charge < -0.3 is 10.6 Å². The Kier molecular flexibility index (Phi) is 10.1. The van der Waals surface area contributed by atoms with Gasteiger partial charge in [-0.05, 0) is 61.9 Å². The molecular weight excluding hydrogens is 387 g/mol. The molecule has 1 saturated carbocycles. The van der Waals surface area contributed by atoms with Gasteiger partial charge in [0, 0.05) is 18.8 Å². The lowest BCUT2D eigenvalue weighted by atomic mass is 9.71. The van der Waals surface area contributed by atoms with Crippen LogP contribution in [0.15, 0.2) is 24.4 Å². The molecule has 27 heavy (non-hydrogen) atoms. The Hall–Kier alpha value is -1.34. The van der Waals surface area contributed by atoms with Gasteiger partial charge in [-0.2, -0.15) is 0 Å². The van der Waals surface area contributed by atoms with Crippen molar-refractivity contribution in [3.05, 3.63) is 30.0 Å². The van der Waals surface area contributed by atoms with E-state index in [1.165, 1.54) is 51.0 Å². The molecule has 1 aliphatic carbocycles. The second-order valence-electron chi connectivity index (χ2n) is 7.18. The number of amides is 1. The highest BCUT2D eigenvalue weighted by Gasteiger charge is 2.40. The van der Waals surface area contributed by atoms with Crippen molar-refractivity contribution in [2.45, 2.75) is 50.5 Å². The minimum Gasteiger partial charge on any atom is -0.363 e. The zero-order valence-corrected chi connectivity index (χ0v) is 17.1. The van der Waals surface area contributed by atoms with E-state index in [-0.39, 0.29) is 30.4 Å². The van der Waals surface area contributed by atoms with E-state index in [0.717, 1.165) is 24.5 Å². The first-order valence-electron chi connectivity index (χ1n) is 9.29. The number of hydrogen-bond donors (Lipinski definition) is 4. The first kappa shape index (κ1) is 23.7. The van der Waals surface area contributed by atoms with E-state index >= 15 is 0 Å². The third kappa shape index (κ3) is 6.35. The van der Waals surface area contributed by atoms with Crippen LogP contribution in [-0.4, -0.2) is 34.7 Å². The van der Waals surface area contributed by atoms with Crippen LogP contribution < -0.4 is 16.1 Å². The van der Waals surface area contributed by atoms with Crippen LogP contribution >= 0.6 is 24.8 Å². The minimum atomic E-state index is -0.549. The monoisotopic (exact) mass is 416 g/mol. The summed E-state index contributed by atoms with van der Waals surface area (Å²) in [6.45, 7) is 2.10. The van der Waals surface area contributed by atoms with Gasteiger partial charge in [0.05, 0.1) is 5.54 Å². The lowest BCUT2D eigenvalue weighted by molar-refractivity contribution is -0.124. The maximum absolute atomic E-state index is 11.0. The predicted octanol–water partition coefficient (Wildman–Crippen LogP) is 3.56. The molecule has 152 valence electrons. The Morgan fingerprint density at radius 1 is 1.22 bits per heavy atom. The van der Waals surface area contributed by atoms with Gasteiger partial charge in [-0.25, -0.2) is 10.5 Å². The van der Waals surface area contributed by atoms with Crippen LogP contribution in [0.25, 0.3) is 6.08 Å².